The molecule has 0 aliphatic rings. The maximum absolute atomic E-state index is 12.7. The first-order valence-electron chi connectivity index (χ1n) is 9.37. The van der Waals surface area contributed by atoms with E-state index >= 15 is 0 Å². The lowest BCUT2D eigenvalue weighted by Gasteiger charge is -2.20. The number of nitrogens with one attached hydrogen (secondary N) is 1. The average molecular weight is 414 g/mol. The Labute approximate surface area is 175 Å². The van der Waals surface area contributed by atoms with Crippen LogP contribution < -0.4 is 10.1 Å². The molecule has 0 saturated carbocycles. The summed E-state index contributed by atoms with van der Waals surface area (Å²) in [6.07, 6.45) is 0.0311. The zero-order valence-corrected chi connectivity index (χ0v) is 17.7. The Hall–Kier alpha value is -3.42. The van der Waals surface area contributed by atoms with Crippen LogP contribution in [-0.2, 0) is 21.4 Å². The Balaban J connectivity index is 2.22. The smallest absolute Gasteiger partial charge is 0.328 e. The van der Waals surface area contributed by atoms with Crippen molar-refractivity contribution in [3.8, 4) is 5.75 Å². The van der Waals surface area contributed by atoms with Crippen LogP contribution in [0.3, 0.4) is 0 Å². The largest absolute Gasteiger partial charge is 0.490 e. The van der Waals surface area contributed by atoms with E-state index in [0.717, 1.165) is 5.56 Å². The fraction of sp³-hybridized carbons (Fsp3) is 0.364. The average Bonchev–Trinajstić information content (AvgIpc) is 2.71. The summed E-state index contributed by atoms with van der Waals surface area (Å²) in [5.41, 5.74) is 1.70. The number of nitro groups is 1. The van der Waals surface area contributed by atoms with Gasteiger partial charge < -0.3 is 14.8 Å². The van der Waals surface area contributed by atoms with Crippen molar-refractivity contribution in [2.75, 3.05) is 14.2 Å². The topological polar surface area (TPSA) is 108 Å². The molecule has 1 atom stereocenters. The molecule has 0 aliphatic heterocycles. The fourth-order valence-electron chi connectivity index (χ4n) is 2.94. The van der Waals surface area contributed by atoms with Crippen LogP contribution in [0.25, 0.3) is 0 Å². The van der Waals surface area contributed by atoms with Crippen LogP contribution in [0.1, 0.15) is 42.3 Å². The van der Waals surface area contributed by atoms with Crippen LogP contribution in [0.2, 0.25) is 0 Å². The van der Waals surface area contributed by atoms with Crippen molar-refractivity contribution in [1.82, 2.24) is 5.32 Å². The number of methoxy groups -OCH3 is 2. The van der Waals surface area contributed by atoms with Crippen molar-refractivity contribution in [3.05, 3.63) is 69.3 Å². The number of hydrogen-bond acceptors (Lipinski definition) is 6. The number of benzene rings is 2. The molecule has 30 heavy (non-hydrogen) atoms. The molecule has 1 N–H and O–H groups in total. The van der Waals surface area contributed by atoms with Crippen molar-refractivity contribution in [2.45, 2.75) is 38.6 Å². The molecule has 0 spiro atoms. The molecular weight excluding hydrogens is 388 g/mol. The van der Waals surface area contributed by atoms with Gasteiger partial charge in [-0.2, -0.15) is 0 Å². The molecule has 0 bridgehead atoms. The van der Waals surface area contributed by atoms with Gasteiger partial charge in [0.25, 0.3) is 5.91 Å². The minimum Gasteiger partial charge on any atom is -0.490 e. The number of rotatable bonds is 7. The van der Waals surface area contributed by atoms with E-state index in [0.29, 0.717) is 11.1 Å². The lowest BCUT2D eigenvalue weighted by atomic mass is 9.86. The highest BCUT2D eigenvalue weighted by Crippen LogP contribution is 2.28. The number of amides is 1. The first kappa shape index (κ1) is 22.9. The molecule has 0 aromatic heterocycles. The van der Waals surface area contributed by atoms with E-state index < -0.39 is 22.8 Å². The molecule has 2 aromatic carbocycles. The number of ether oxygens (including phenoxy) is 2. The van der Waals surface area contributed by atoms with E-state index in [1.165, 1.54) is 26.4 Å². The predicted molar refractivity (Wildman–Crippen MR) is 112 cm³/mol. The zero-order valence-electron chi connectivity index (χ0n) is 17.7. The van der Waals surface area contributed by atoms with Crippen molar-refractivity contribution < 1.29 is 24.0 Å². The molecular formula is C22H26N2O6. The van der Waals surface area contributed by atoms with Crippen molar-refractivity contribution >= 4 is 17.6 Å². The summed E-state index contributed by atoms with van der Waals surface area (Å²) in [5.74, 6) is -0.969. The van der Waals surface area contributed by atoms with Crippen LogP contribution in [0.4, 0.5) is 5.69 Å². The second kappa shape index (κ2) is 9.39. The zero-order chi connectivity index (χ0) is 22.5. The van der Waals surface area contributed by atoms with E-state index in [1.807, 2.05) is 12.1 Å². The second-order valence-corrected chi connectivity index (χ2v) is 7.84. The van der Waals surface area contributed by atoms with Gasteiger partial charge in [-0.1, -0.05) is 39.0 Å². The molecule has 2 aromatic rings. The van der Waals surface area contributed by atoms with E-state index in [4.69, 9.17) is 9.47 Å². The minimum atomic E-state index is -1.00. The second-order valence-electron chi connectivity index (χ2n) is 7.84. The molecule has 0 aliphatic carbocycles. The molecule has 0 unspecified atom stereocenters. The van der Waals surface area contributed by atoms with Crippen LogP contribution >= 0.6 is 0 Å². The highest BCUT2D eigenvalue weighted by atomic mass is 16.6. The summed E-state index contributed by atoms with van der Waals surface area (Å²) in [6.45, 7) is 6.22. The van der Waals surface area contributed by atoms with Crippen molar-refractivity contribution in [2.24, 2.45) is 0 Å². The van der Waals surface area contributed by atoms with Gasteiger partial charge in [-0.05, 0) is 34.7 Å². The maximum atomic E-state index is 12.7. The maximum Gasteiger partial charge on any atom is 0.328 e. The highest BCUT2D eigenvalue weighted by molar-refractivity contribution is 5.96. The van der Waals surface area contributed by atoms with Gasteiger partial charge in [-0.15, -0.1) is 0 Å². The van der Waals surface area contributed by atoms with E-state index in [9.17, 15) is 19.7 Å². The normalized spacial score (nSPS) is 12.0. The number of hydrogen-bond donors (Lipinski definition) is 1. The molecule has 0 fully saturated rings. The summed E-state index contributed by atoms with van der Waals surface area (Å²) >= 11 is 0. The van der Waals surface area contributed by atoms with Gasteiger partial charge in [0.15, 0.2) is 5.75 Å². The Morgan fingerprint density at radius 3 is 2.23 bits per heavy atom. The van der Waals surface area contributed by atoms with Gasteiger partial charge >= 0.3 is 11.7 Å². The van der Waals surface area contributed by atoms with Crippen LogP contribution in [0.15, 0.2) is 42.5 Å². The quantitative estimate of drug-likeness (QED) is 0.423. The number of carbonyl (C=O) groups excluding carboxylic acids is 2. The highest BCUT2D eigenvalue weighted by Gasteiger charge is 2.25. The predicted octanol–water partition coefficient (Wildman–Crippen LogP) is 3.42. The van der Waals surface area contributed by atoms with Gasteiger partial charge in [-0.25, -0.2) is 4.79 Å². The molecule has 0 radical (unpaired) electrons. The summed E-state index contributed by atoms with van der Waals surface area (Å²) in [5, 5.41) is 13.9. The number of nitrogens with zero attached hydrogens (tertiary/aromatic N) is 1. The first-order chi connectivity index (χ1) is 14.1. The molecule has 1 amide bonds. The first-order valence-corrected chi connectivity index (χ1v) is 9.37. The number of esters is 1. The Kier molecular flexibility index (Phi) is 7.15. The van der Waals surface area contributed by atoms with Crippen molar-refractivity contribution in [3.63, 3.8) is 0 Å². The number of carbonyl (C=O) groups is 2. The third-order valence-corrected chi connectivity index (χ3v) is 4.68. The third-order valence-electron chi connectivity index (χ3n) is 4.68. The van der Waals surface area contributed by atoms with Gasteiger partial charge in [0, 0.05) is 18.1 Å². The van der Waals surface area contributed by atoms with Crippen molar-refractivity contribution in [1.29, 1.82) is 0 Å². The van der Waals surface area contributed by atoms with E-state index in [2.05, 4.69) is 26.1 Å². The van der Waals surface area contributed by atoms with Gasteiger partial charge in [0.2, 0.25) is 0 Å². The standard InChI is InChI=1S/C22H26N2O6/c1-22(2,3)16-9-7-15(8-10-16)20(25)23-17(21(26)30-5)12-14-6-11-19(29-4)18(13-14)24(27)28/h6-11,13,17H,12H2,1-5H3,(H,23,25)/t17-/m1/s1. The fourth-order valence-corrected chi connectivity index (χ4v) is 2.94. The van der Waals surface area contributed by atoms with Gasteiger partial charge in [0.1, 0.15) is 6.04 Å². The van der Waals surface area contributed by atoms with Crippen LogP contribution in [0, 0.1) is 10.1 Å². The summed E-state index contributed by atoms with van der Waals surface area (Å²) in [4.78, 5) is 35.5. The van der Waals surface area contributed by atoms with Gasteiger partial charge in [-0.3, -0.25) is 14.9 Å². The molecule has 2 rings (SSSR count). The summed E-state index contributed by atoms with van der Waals surface area (Å²) in [7, 11) is 2.56. The molecule has 8 nitrogen and oxygen atoms in total. The van der Waals surface area contributed by atoms with Crippen LogP contribution in [-0.4, -0.2) is 37.1 Å². The minimum absolute atomic E-state index is 0.0311. The summed E-state index contributed by atoms with van der Waals surface area (Å²) in [6, 6.07) is 10.5. The molecule has 8 heteroatoms. The van der Waals surface area contributed by atoms with E-state index in [1.54, 1.807) is 18.2 Å². The SMILES string of the molecule is COC(=O)[C@@H](Cc1ccc(OC)c([N+](=O)[O-])c1)NC(=O)c1ccc(C(C)(C)C)cc1. The molecule has 160 valence electrons. The van der Waals surface area contributed by atoms with Crippen LogP contribution in [0.5, 0.6) is 5.75 Å². The van der Waals surface area contributed by atoms with Gasteiger partial charge in [0.05, 0.1) is 19.1 Å². The Bertz CT molecular complexity index is 932. The Morgan fingerprint density at radius 2 is 1.73 bits per heavy atom. The summed E-state index contributed by atoms with van der Waals surface area (Å²) < 4.78 is 9.78. The lowest BCUT2D eigenvalue weighted by molar-refractivity contribution is -0.385. The Morgan fingerprint density at radius 1 is 1.10 bits per heavy atom. The molecule has 0 saturated heterocycles. The van der Waals surface area contributed by atoms with E-state index in [-0.39, 0.29) is 23.3 Å². The monoisotopic (exact) mass is 414 g/mol. The lowest BCUT2D eigenvalue weighted by Crippen LogP contribution is -2.43. The molecule has 0 heterocycles. The third kappa shape index (κ3) is 5.56. The number of nitro benzene ring substituents is 1.